The van der Waals surface area contributed by atoms with Gasteiger partial charge in [-0.25, -0.2) is 0 Å². The highest BCUT2D eigenvalue weighted by atomic mass is 16.3. The summed E-state index contributed by atoms with van der Waals surface area (Å²) in [4.78, 5) is 4.82. The Kier molecular flexibility index (Phi) is 9.85. The van der Waals surface area contributed by atoms with Crippen LogP contribution < -0.4 is 9.80 Å². The maximum absolute atomic E-state index is 6.87. The van der Waals surface area contributed by atoms with E-state index in [1.165, 1.54) is 49.7 Å². The van der Waals surface area contributed by atoms with Gasteiger partial charge in [-0.2, -0.15) is 0 Å². The first-order valence-corrected chi connectivity index (χ1v) is 24.2. The van der Waals surface area contributed by atoms with Crippen LogP contribution in [-0.2, 0) is 5.41 Å². The van der Waals surface area contributed by atoms with E-state index in [-0.39, 0.29) is 5.41 Å². The van der Waals surface area contributed by atoms with Crippen LogP contribution in [0.4, 0.5) is 34.1 Å². The quantitative estimate of drug-likeness (QED) is 0.144. The molecule has 0 radical (unpaired) electrons. The smallest absolute Gasteiger partial charge is 0.159 e. The van der Waals surface area contributed by atoms with E-state index in [1.54, 1.807) is 0 Å². The van der Waals surface area contributed by atoms with Crippen molar-refractivity contribution in [3.63, 3.8) is 0 Å². The van der Waals surface area contributed by atoms with Gasteiger partial charge in [-0.15, -0.1) is 0 Å². The third-order valence-electron chi connectivity index (χ3n) is 14.4. The van der Waals surface area contributed by atoms with Crippen molar-refractivity contribution in [1.29, 1.82) is 0 Å². The van der Waals surface area contributed by atoms with Gasteiger partial charge in [-0.05, 0) is 139 Å². The predicted octanol–water partition coefficient (Wildman–Crippen LogP) is 19.0. The number of nitrogens with zero attached hydrogens (tertiary/aromatic N) is 2. The second-order valence-corrected chi connectivity index (χ2v) is 18.9. The number of fused-ring (bicyclic) bond motifs is 7. The molecule has 13 rings (SSSR count). The Labute approximate surface area is 408 Å². The van der Waals surface area contributed by atoms with Crippen LogP contribution in [-0.4, -0.2) is 0 Å². The van der Waals surface area contributed by atoms with Crippen LogP contribution in [0.5, 0.6) is 0 Å². The molecule has 0 fully saturated rings. The lowest BCUT2D eigenvalue weighted by Gasteiger charge is -2.31. The van der Waals surface area contributed by atoms with Gasteiger partial charge in [0.05, 0.1) is 5.69 Å². The van der Waals surface area contributed by atoms with Crippen molar-refractivity contribution in [2.75, 3.05) is 9.80 Å². The number of furan rings is 1. The van der Waals surface area contributed by atoms with Gasteiger partial charge in [0, 0.05) is 44.6 Å². The van der Waals surface area contributed by atoms with Crippen LogP contribution in [0.25, 0.3) is 77.2 Å². The normalized spacial score (nSPS) is 12.5. The lowest BCUT2D eigenvalue weighted by Crippen LogP contribution is -2.17. The van der Waals surface area contributed by atoms with Crippen LogP contribution in [0.2, 0.25) is 0 Å². The monoisotopic (exact) mass is 896 g/mol. The molecule has 0 spiro atoms. The van der Waals surface area contributed by atoms with Gasteiger partial charge in [0.2, 0.25) is 0 Å². The summed E-state index contributed by atoms with van der Waals surface area (Å²) >= 11 is 0. The zero-order chi connectivity index (χ0) is 46.8. The lowest BCUT2D eigenvalue weighted by molar-refractivity contribution is 0.660. The van der Waals surface area contributed by atoms with E-state index in [2.05, 4.69) is 272 Å². The molecule has 3 nitrogen and oxygen atoms in total. The molecule has 0 amide bonds. The summed E-state index contributed by atoms with van der Waals surface area (Å²) in [6.45, 7) is 4.72. The molecule has 1 aromatic heterocycles. The van der Waals surface area contributed by atoms with Gasteiger partial charge in [-0.1, -0.05) is 196 Å². The van der Waals surface area contributed by atoms with Crippen LogP contribution >= 0.6 is 0 Å². The fourth-order valence-corrected chi connectivity index (χ4v) is 11.2. The third kappa shape index (κ3) is 6.81. The second-order valence-electron chi connectivity index (χ2n) is 18.9. The molecular formula is C67H48N2O. The summed E-state index contributed by atoms with van der Waals surface area (Å²) < 4.78 is 6.87. The van der Waals surface area contributed by atoms with E-state index in [4.69, 9.17) is 4.42 Å². The first-order valence-electron chi connectivity index (χ1n) is 24.2. The molecular weight excluding hydrogens is 849 g/mol. The molecule has 0 N–H and O–H groups in total. The molecule has 332 valence electrons. The summed E-state index contributed by atoms with van der Waals surface area (Å²) in [5, 5.41) is 4.58. The van der Waals surface area contributed by atoms with Crippen molar-refractivity contribution in [3.05, 3.63) is 266 Å². The van der Waals surface area contributed by atoms with E-state index < -0.39 is 0 Å². The van der Waals surface area contributed by atoms with E-state index in [0.29, 0.717) is 0 Å². The maximum atomic E-state index is 6.87. The van der Waals surface area contributed by atoms with Crippen molar-refractivity contribution in [3.8, 4) is 44.5 Å². The van der Waals surface area contributed by atoms with Crippen LogP contribution in [0.1, 0.15) is 25.0 Å². The number of para-hydroxylation sites is 4. The van der Waals surface area contributed by atoms with Gasteiger partial charge in [-0.3, -0.25) is 0 Å². The fraction of sp³-hybridized carbons (Fsp3) is 0.0448. The second kappa shape index (κ2) is 16.7. The Morgan fingerprint density at radius 2 is 0.871 bits per heavy atom. The topological polar surface area (TPSA) is 19.6 Å². The highest BCUT2D eigenvalue weighted by Gasteiger charge is 2.36. The molecule has 3 heteroatoms. The minimum Gasteiger partial charge on any atom is -0.454 e. The molecule has 1 aliphatic rings. The van der Waals surface area contributed by atoms with Crippen molar-refractivity contribution in [2.45, 2.75) is 19.3 Å². The summed E-state index contributed by atoms with van der Waals surface area (Å²) in [5.41, 5.74) is 19.9. The van der Waals surface area contributed by atoms with Crippen molar-refractivity contribution in [1.82, 2.24) is 0 Å². The zero-order valence-electron chi connectivity index (χ0n) is 39.1. The van der Waals surface area contributed by atoms with E-state index in [0.717, 1.165) is 72.8 Å². The van der Waals surface area contributed by atoms with Gasteiger partial charge in [0.15, 0.2) is 5.58 Å². The average Bonchev–Trinajstić information content (AvgIpc) is 3.91. The Morgan fingerprint density at radius 3 is 1.60 bits per heavy atom. The minimum absolute atomic E-state index is 0.184. The number of benzene rings is 11. The largest absolute Gasteiger partial charge is 0.454 e. The molecule has 0 atom stereocenters. The number of hydrogen-bond acceptors (Lipinski definition) is 3. The van der Waals surface area contributed by atoms with E-state index in [1.807, 2.05) is 6.07 Å². The number of rotatable bonds is 9. The molecule has 0 unspecified atom stereocenters. The van der Waals surface area contributed by atoms with Crippen LogP contribution in [0.3, 0.4) is 0 Å². The molecule has 12 aromatic rings. The molecule has 70 heavy (non-hydrogen) atoms. The van der Waals surface area contributed by atoms with Crippen molar-refractivity contribution < 1.29 is 4.42 Å². The highest BCUT2D eigenvalue weighted by Crippen LogP contribution is 2.53. The average molecular weight is 897 g/mol. The molecule has 1 aliphatic carbocycles. The van der Waals surface area contributed by atoms with E-state index in [9.17, 15) is 0 Å². The highest BCUT2D eigenvalue weighted by molar-refractivity contribution is 6.13. The first kappa shape index (κ1) is 41.3. The van der Waals surface area contributed by atoms with Gasteiger partial charge < -0.3 is 14.2 Å². The number of hydrogen-bond donors (Lipinski definition) is 0. The standard InChI is InChI=1S/C67H48N2O/c1-67(2)61-35-19-17-31-54(61)55-39-38-50(43-62(55)67)68(48-26-11-5-12-27-48)51-40-47(60-44-59(45-22-7-3-8-23-45)53-30-15-16-33-57(53)65(60)46-24-9-4-10-25-46)41-52(42-51)69(49-28-13-6-14-29-49)63-36-21-34-58-56-32-18-20-37-64(56)70-66(58)63/h3-44H,1-2H3. The number of anilines is 6. The molecule has 0 saturated carbocycles. The Hall–Kier alpha value is -8.92. The van der Waals surface area contributed by atoms with Gasteiger partial charge >= 0.3 is 0 Å². The summed E-state index contributed by atoms with van der Waals surface area (Å²) in [7, 11) is 0. The maximum Gasteiger partial charge on any atom is 0.159 e. The van der Waals surface area contributed by atoms with Crippen LogP contribution in [0, 0.1) is 0 Å². The Morgan fingerprint density at radius 1 is 0.314 bits per heavy atom. The van der Waals surface area contributed by atoms with E-state index >= 15 is 0 Å². The molecule has 0 saturated heterocycles. The molecule has 0 bridgehead atoms. The summed E-state index contributed by atoms with van der Waals surface area (Å²) in [6, 6.07) is 92.6. The third-order valence-corrected chi connectivity index (χ3v) is 14.4. The zero-order valence-corrected chi connectivity index (χ0v) is 39.1. The molecule has 1 heterocycles. The van der Waals surface area contributed by atoms with Gasteiger partial charge in [0.1, 0.15) is 5.58 Å². The van der Waals surface area contributed by atoms with Crippen molar-refractivity contribution >= 4 is 66.8 Å². The predicted molar refractivity (Wildman–Crippen MR) is 294 cm³/mol. The van der Waals surface area contributed by atoms with Gasteiger partial charge in [0.25, 0.3) is 0 Å². The SMILES string of the molecule is CC1(C)c2ccccc2-c2ccc(N(c3ccccc3)c3cc(-c4cc(-c5ccccc5)c5ccccc5c4-c4ccccc4)cc(N(c4ccccc4)c4cccc5c4oc4ccccc45)c3)cc21. The minimum atomic E-state index is -0.184. The van der Waals surface area contributed by atoms with Crippen molar-refractivity contribution in [2.24, 2.45) is 0 Å². The summed E-state index contributed by atoms with van der Waals surface area (Å²) in [5.74, 6) is 0. The Balaban J connectivity index is 1.14. The Bertz CT molecular complexity index is 3910. The molecule has 11 aromatic carbocycles. The van der Waals surface area contributed by atoms with Crippen LogP contribution in [0.15, 0.2) is 259 Å². The molecule has 0 aliphatic heterocycles. The summed E-state index contributed by atoms with van der Waals surface area (Å²) in [6.07, 6.45) is 0. The lowest BCUT2D eigenvalue weighted by atomic mass is 9.82. The first-order chi connectivity index (χ1) is 34.5. The fourth-order valence-electron chi connectivity index (χ4n) is 11.2.